The number of methoxy groups -OCH3 is 1. The second kappa shape index (κ2) is 6.17. The Labute approximate surface area is 140 Å². The van der Waals surface area contributed by atoms with Gasteiger partial charge in [-0.15, -0.1) is 0 Å². The summed E-state index contributed by atoms with van der Waals surface area (Å²) in [6, 6.07) is 10.7. The summed E-state index contributed by atoms with van der Waals surface area (Å²) in [7, 11) is 1.54. The van der Waals surface area contributed by atoms with Gasteiger partial charge in [-0.3, -0.25) is 14.9 Å². The Hall–Kier alpha value is -3.13. The van der Waals surface area contributed by atoms with Gasteiger partial charge in [0.05, 0.1) is 12.0 Å². The van der Waals surface area contributed by atoms with E-state index in [0.29, 0.717) is 11.3 Å². The minimum atomic E-state index is -0.591. The Kier molecular flexibility index (Phi) is 4.05. The number of nitro groups is 1. The molecule has 0 fully saturated rings. The average molecular weight is 347 g/mol. The summed E-state index contributed by atoms with van der Waals surface area (Å²) in [6.07, 6.45) is 0. The van der Waals surface area contributed by atoms with Crippen molar-refractivity contribution < 1.29 is 9.66 Å². The standard InChI is InChI=1S/C15H11ClN4O4/c1-24-11-5-2-9(3-6-11)14-15(21)19(18-17-14)13-8-10(16)4-7-12(13)20(22)23/h2-8,18H,1H3. The van der Waals surface area contributed by atoms with Gasteiger partial charge in [0.1, 0.15) is 11.4 Å². The van der Waals surface area contributed by atoms with Crippen molar-refractivity contribution in [2.75, 3.05) is 7.11 Å². The van der Waals surface area contributed by atoms with E-state index in [-0.39, 0.29) is 22.1 Å². The molecule has 3 rings (SSSR count). The highest BCUT2D eigenvalue weighted by Gasteiger charge is 2.20. The summed E-state index contributed by atoms with van der Waals surface area (Å²) in [5.74, 6) is 0.639. The van der Waals surface area contributed by atoms with Crippen LogP contribution in [0.4, 0.5) is 5.69 Å². The van der Waals surface area contributed by atoms with E-state index in [1.807, 2.05) is 0 Å². The maximum Gasteiger partial charge on any atom is 0.299 e. The van der Waals surface area contributed by atoms with Gasteiger partial charge in [0.25, 0.3) is 11.2 Å². The molecule has 8 nitrogen and oxygen atoms in total. The third-order valence-corrected chi connectivity index (χ3v) is 3.64. The van der Waals surface area contributed by atoms with Crippen LogP contribution in [-0.2, 0) is 0 Å². The summed E-state index contributed by atoms with van der Waals surface area (Å²) < 4.78 is 6.05. The molecule has 0 spiro atoms. The first-order chi connectivity index (χ1) is 11.5. The van der Waals surface area contributed by atoms with E-state index in [0.717, 1.165) is 4.68 Å². The number of aromatic amines is 1. The van der Waals surface area contributed by atoms with E-state index in [1.54, 1.807) is 24.3 Å². The average Bonchev–Trinajstić information content (AvgIpc) is 2.96. The zero-order valence-electron chi connectivity index (χ0n) is 12.4. The largest absolute Gasteiger partial charge is 0.497 e. The van der Waals surface area contributed by atoms with Crippen LogP contribution in [0.5, 0.6) is 5.75 Å². The molecule has 0 aliphatic heterocycles. The lowest BCUT2D eigenvalue weighted by Gasteiger charge is -2.02. The Morgan fingerprint density at radius 3 is 2.58 bits per heavy atom. The summed E-state index contributed by atoms with van der Waals surface area (Å²) in [4.78, 5) is 23.2. The van der Waals surface area contributed by atoms with E-state index in [1.165, 1.54) is 25.3 Å². The van der Waals surface area contributed by atoms with Gasteiger partial charge in [-0.2, -0.15) is 9.78 Å². The molecule has 0 amide bonds. The fourth-order valence-electron chi connectivity index (χ4n) is 2.23. The Balaban J connectivity index is 2.12. The summed E-state index contributed by atoms with van der Waals surface area (Å²) in [5, 5.41) is 17.9. The van der Waals surface area contributed by atoms with Gasteiger partial charge < -0.3 is 4.74 Å². The van der Waals surface area contributed by atoms with E-state index >= 15 is 0 Å². The van der Waals surface area contributed by atoms with Gasteiger partial charge in [0, 0.05) is 16.7 Å². The molecular weight excluding hydrogens is 336 g/mol. The van der Waals surface area contributed by atoms with Gasteiger partial charge in [-0.05, 0) is 36.4 Å². The number of nitrogens with zero attached hydrogens (tertiary/aromatic N) is 3. The molecule has 0 saturated carbocycles. The van der Waals surface area contributed by atoms with Crippen molar-refractivity contribution in [3.63, 3.8) is 0 Å². The molecular formula is C15H11ClN4O4. The summed E-state index contributed by atoms with van der Waals surface area (Å²) >= 11 is 5.89. The first kappa shape index (κ1) is 15.8. The van der Waals surface area contributed by atoms with Gasteiger partial charge >= 0.3 is 0 Å². The Morgan fingerprint density at radius 2 is 1.96 bits per heavy atom. The van der Waals surface area contributed by atoms with Crippen LogP contribution in [0, 0.1) is 10.1 Å². The smallest absolute Gasteiger partial charge is 0.299 e. The number of nitrogens with one attached hydrogen (secondary N) is 1. The van der Waals surface area contributed by atoms with Gasteiger partial charge in [-0.1, -0.05) is 11.6 Å². The van der Waals surface area contributed by atoms with E-state index in [2.05, 4.69) is 10.3 Å². The Bertz CT molecular complexity index is 962. The predicted molar refractivity (Wildman–Crippen MR) is 87.8 cm³/mol. The van der Waals surface area contributed by atoms with Crippen LogP contribution in [-0.4, -0.2) is 27.0 Å². The molecule has 0 atom stereocenters. The normalized spacial score (nSPS) is 10.6. The molecule has 0 bridgehead atoms. The third-order valence-electron chi connectivity index (χ3n) is 3.41. The number of halogens is 1. The predicted octanol–water partition coefficient (Wildman–Crippen LogP) is 2.80. The van der Waals surface area contributed by atoms with Gasteiger partial charge in [-0.25, -0.2) is 5.21 Å². The van der Waals surface area contributed by atoms with Crippen LogP contribution in [0.25, 0.3) is 16.9 Å². The van der Waals surface area contributed by atoms with Crippen molar-refractivity contribution in [1.82, 2.24) is 15.0 Å². The van der Waals surface area contributed by atoms with Gasteiger partial charge in [0.15, 0.2) is 5.69 Å². The topological polar surface area (TPSA) is 103 Å². The number of ether oxygens (including phenoxy) is 1. The maximum absolute atomic E-state index is 12.6. The molecule has 1 heterocycles. The van der Waals surface area contributed by atoms with E-state index < -0.39 is 10.5 Å². The highest BCUT2D eigenvalue weighted by atomic mass is 35.5. The van der Waals surface area contributed by atoms with Gasteiger partial charge in [0.2, 0.25) is 0 Å². The molecule has 0 saturated heterocycles. The molecule has 0 radical (unpaired) electrons. The molecule has 0 unspecified atom stereocenters. The number of nitro benzene ring substituents is 1. The van der Waals surface area contributed by atoms with Crippen molar-refractivity contribution in [1.29, 1.82) is 0 Å². The fourth-order valence-corrected chi connectivity index (χ4v) is 2.40. The zero-order valence-corrected chi connectivity index (χ0v) is 13.1. The second-order valence-corrected chi connectivity index (χ2v) is 5.26. The molecule has 3 aromatic rings. The molecule has 122 valence electrons. The van der Waals surface area contributed by atoms with Crippen molar-refractivity contribution in [2.24, 2.45) is 0 Å². The number of aromatic nitrogens is 3. The number of hydrogen-bond donors (Lipinski definition) is 1. The number of rotatable bonds is 4. The summed E-state index contributed by atoms with van der Waals surface area (Å²) in [6.45, 7) is 0. The van der Waals surface area contributed by atoms with Crippen LogP contribution in [0.2, 0.25) is 5.02 Å². The molecule has 2 aromatic carbocycles. The molecule has 24 heavy (non-hydrogen) atoms. The zero-order chi connectivity index (χ0) is 17.3. The van der Waals surface area contributed by atoms with Crippen molar-refractivity contribution in [3.8, 4) is 22.7 Å². The molecule has 9 heteroatoms. The minimum absolute atomic E-state index is 0.0183. The fraction of sp³-hybridized carbons (Fsp3) is 0.0667. The van der Waals surface area contributed by atoms with Crippen molar-refractivity contribution in [2.45, 2.75) is 0 Å². The quantitative estimate of drug-likeness (QED) is 0.578. The summed E-state index contributed by atoms with van der Waals surface area (Å²) in [5.41, 5.74) is -0.0749. The highest BCUT2D eigenvalue weighted by molar-refractivity contribution is 6.30. The number of benzene rings is 2. The number of hydrogen-bond acceptors (Lipinski definition) is 5. The highest BCUT2D eigenvalue weighted by Crippen LogP contribution is 2.25. The molecule has 1 aromatic heterocycles. The van der Waals surface area contributed by atoms with Crippen LogP contribution in [0.1, 0.15) is 0 Å². The van der Waals surface area contributed by atoms with Crippen LogP contribution < -0.4 is 10.3 Å². The first-order valence-corrected chi connectivity index (χ1v) is 7.15. The first-order valence-electron chi connectivity index (χ1n) is 6.77. The Morgan fingerprint density at radius 1 is 1.25 bits per heavy atom. The minimum Gasteiger partial charge on any atom is -0.497 e. The molecule has 0 aliphatic carbocycles. The molecule has 0 aliphatic rings. The third kappa shape index (κ3) is 2.74. The van der Waals surface area contributed by atoms with Crippen molar-refractivity contribution in [3.05, 3.63) is 68.0 Å². The SMILES string of the molecule is COc1ccc(-c2n[nH]n(-c3cc(Cl)ccc3[N+](=O)[O-])c2=O)cc1. The van der Waals surface area contributed by atoms with Crippen LogP contribution in [0.15, 0.2) is 47.3 Å². The van der Waals surface area contributed by atoms with Crippen LogP contribution >= 0.6 is 11.6 Å². The lowest BCUT2D eigenvalue weighted by Crippen LogP contribution is -2.17. The molecule has 1 N–H and O–H groups in total. The lowest BCUT2D eigenvalue weighted by molar-refractivity contribution is -0.384. The van der Waals surface area contributed by atoms with Crippen LogP contribution in [0.3, 0.4) is 0 Å². The van der Waals surface area contributed by atoms with Crippen molar-refractivity contribution >= 4 is 17.3 Å². The van der Waals surface area contributed by atoms with E-state index in [4.69, 9.17) is 16.3 Å². The second-order valence-electron chi connectivity index (χ2n) is 4.82. The van der Waals surface area contributed by atoms with E-state index in [9.17, 15) is 14.9 Å². The monoisotopic (exact) mass is 346 g/mol. The lowest BCUT2D eigenvalue weighted by atomic mass is 10.1. The number of H-pyrrole nitrogens is 1. The maximum atomic E-state index is 12.6.